The van der Waals surface area contributed by atoms with Gasteiger partial charge in [0.1, 0.15) is 6.10 Å². The summed E-state index contributed by atoms with van der Waals surface area (Å²) >= 11 is 0. The molecule has 22 heavy (non-hydrogen) atoms. The monoisotopic (exact) mass is 318 g/mol. The van der Waals surface area contributed by atoms with E-state index in [1.165, 1.54) is 6.07 Å². The molecule has 0 saturated carbocycles. The average molecular weight is 318 g/mol. The highest BCUT2D eigenvalue weighted by Gasteiger charge is 2.44. The van der Waals surface area contributed by atoms with Crippen LogP contribution in [-0.2, 0) is 11.0 Å². The maximum Gasteiger partial charge on any atom is 0.416 e. The third kappa shape index (κ3) is 2.99. The third-order valence-corrected chi connectivity index (χ3v) is 3.49. The lowest BCUT2D eigenvalue weighted by Gasteiger charge is -2.33. The van der Waals surface area contributed by atoms with Crippen molar-refractivity contribution in [1.82, 2.24) is 0 Å². The molecule has 8 heteroatoms. The summed E-state index contributed by atoms with van der Waals surface area (Å²) in [5.74, 6) is -1.66. The summed E-state index contributed by atoms with van der Waals surface area (Å²) in [4.78, 5) is 11.1. The SMILES string of the molecule is O=C(O)[C@]1(O)C=C(c2cccc(C(F)(F)F)c2)[C@@H](O)[C@H](O)C1. The number of hydrogen-bond acceptors (Lipinski definition) is 4. The lowest BCUT2D eigenvalue weighted by molar-refractivity contribution is -0.158. The van der Waals surface area contributed by atoms with E-state index in [-0.39, 0.29) is 11.1 Å². The standard InChI is InChI=1S/C14H13F3O5/c15-14(16,17)8-3-1-2-7(4-8)9-5-13(22,12(20)21)6-10(18)11(9)19/h1-5,10-11,18-19,22H,6H2,(H,20,21)/t10-,11-,13+/m1/s1. The number of aliphatic hydroxyl groups is 3. The van der Waals surface area contributed by atoms with E-state index in [2.05, 4.69) is 0 Å². The number of rotatable bonds is 2. The van der Waals surface area contributed by atoms with Crippen molar-refractivity contribution >= 4 is 11.5 Å². The highest BCUT2D eigenvalue weighted by Crippen LogP contribution is 2.36. The molecular formula is C14H13F3O5. The normalized spacial score (nSPS) is 29.1. The van der Waals surface area contributed by atoms with Crippen LogP contribution in [0, 0.1) is 0 Å². The molecule has 0 fully saturated rings. The van der Waals surface area contributed by atoms with E-state index in [1.807, 2.05) is 0 Å². The van der Waals surface area contributed by atoms with Crippen LogP contribution in [0.25, 0.3) is 5.57 Å². The van der Waals surface area contributed by atoms with Gasteiger partial charge in [0.25, 0.3) is 0 Å². The molecule has 1 aliphatic rings. The predicted octanol–water partition coefficient (Wildman–Crippen LogP) is 1.03. The number of hydrogen-bond donors (Lipinski definition) is 4. The fraction of sp³-hybridized carbons (Fsp3) is 0.357. The number of aliphatic hydroxyl groups excluding tert-OH is 2. The van der Waals surface area contributed by atoms with Crippen LogP contribution in [0.4, 0.5) is 13.2 Å². The molecule has 0 unspecified atom stereocenters. The number of carbonyl (C=O) groups is 1. The first-order valence-corrected chi connectivity index (χ1v) is 6.27. The van der Waals surface area contributed by atoms with Gasteiger partial charge in [-0.1, -0.05) is 12.1 Å². The quantitative estimate of drug-likeness (QED) is 0.653. The molecule has 4 N–H and O–H groups in total. The van der Waals surface area contributed by atoms with Gasteiger partial charge in [-0.15, -0.1) is 0 Å². The van der Waals surface area contributed by atoms with Crippen molar-refractivity contribution in [2.45, 2.75) is 30.4 Å². The van der Waals surface area contributed by atoms with Gasteiger partial charge in [-0.25, -0.2) is 4.79 Å². The van der Waals surface area contributed by atoms with E-state index < -0.39 is 41.9 Å². The Bertz CT molecular complexity index is 625. The van der Waals surface area contributed by atoms with Crippen LogP contribution in [0.1, 0.15) is 17.5 Å². The van der Waals surface area contributed by atoms with Gasteiger partial charge < -0.3 is 20.4 Å². The summed E-state index contributed by atoms with van der Waals surface area (Å²) in [6.07, 6.45) is -7.72. The first-order chi connectivity index (χ1) is 10.0. The molecule has 2 rings (SSSR count). The van der Waals surface area contributed by atoms with Crippen LogP contribution in [0.5, 0.6) is 0 Å². The van der Waals surface area contributed by atoms with Crippen molar-refractivity contribution in [3.63, 3.8) is 0 Å². The molecule has 3 atom stereocenters. The summed E-state index contributed by atoms with van der Waals surface area (Å²) in [6, 6.07) is 3.85. The Morgan fingerprint density at radius 2 is 1.91 bits per heavy atom. The minimum absolute atomic E-state index is 0.124. The molecule has 0 radical (unpaired) electrons. The molecule has 0 heterocycles. The van der Waals surface area contributed by atoms with Crippen LogP contribution in [0.15, 0.2) is 30.3 Å². The van der Waals surface area contributed by atoms with Gasteiger partial charge in [-0.3, -0.25) is 0 Å². The minimum Gasteiger partial charge on any atom is -0.479 e. The highest BCUT2D eigenvalue weighted by molar-refractivity contribution is 5.85. The molecule has 0 amide bonds. The van der Waals surface area contributed by atoms with Crippen molar-refractivity contribution in [1.29, 1.82) is 0 Å². The predicted molar refractivity (Wildman–Crippen MR) is 68.6 cm³/mol. The van der Waals surface area contributed by atoms with Crippen LogP contribution in [0.3, 0.4) is 0 Å². The van der Waals surface area contributed by atoms with E-state index in [9.17, 15) is 33.3 Å². The fourth-order valence-corrected chi connectivity index (χ4v) is 2.32. The first kappa shape index (κ1) is 16.5. The zero-order valence-corrected chi connectivity index (χ0v) is 11.1. The number of alkyl halides is 3. The number of halogens is 3. The Hall–Kier alpha value is -1.90. The van der Waals surface area contributed by atoms with Crippen LogP contribution in [-0.4, -0.2) is 44.2 Å². The van der Waals surface area contributed by atoms with E-state index in [4.69, 9.17) is 5.11 Å². The summed E-state index contributed by atoms with van der Waals surface area (Å²) in [7, 11) is 0. The van der Waals surface area contributed by atoms with E-state index >= 15 is 0 Å². The number of aliphatic carboxylic acids is 1. The van der Waals surface area contributed by atoms with Crippen molar-refractivity contribution in [2.24, 2.45) is 0 Å². The van der Waals surface area contributed by atoms with Crippen LogP contribution >= 0.6 is 0 Å². The molecule has 1 aliphatic carbocycles. The van der Waals surface area contributed by atoms with Gasteiger partial charge in [0.15, 0.2) is 5.60 Å². The molecule has 1 aromatic rings. The zero-order valence-electron chi connectivity index (χ0n) is 11.1. The second kappa shape index (κ2) is 5.38. The molecule has 5 nitrogen and oxygen atoms in total. The average Bonchev–Trinajstić information content (AvgIpc) is 2.42. The second-order valence-corrected chi connectivity index (χ2v) is 5.12. The molecule has 0 aromatic heterocycles. The summed E-state index contributed by atoms with van der Waals surface area (Å²) < 4.78 is 38.1. The van der Waals surface area contributed by atoms with Gasteiger partial charge in [0, 0.05) is 6.42 Å². The Morgan fingerprint density at radius 3 is 2.45 bits per heavy atom. The molecular weight excluding hydrogens is 305 g/mol. The molecule has 0 bridgehead atoms. The first-order valence-electron chi connectivity index (χ1n) is 6.27. The Kier molecular flexibility index (Phi) is 4.03. The van der Waals surface area contributed by atoms with Gasteiger partial charge in [-0.2, -0.15) is 13.2 Å². The minimum atomic E-state index is -4.61. The Balaban J connectivity index is 2.54. The fourth-order valence-electron chi connectivity index (χ4n) is 2.32. The van der Waals surface area contributed by atoms with Crippen LogP contribution < -0.4 is 0 Å². The topological polar surface area (TPSA) is 98.0 Å². The lowest BCUT2D eigenvalue weighted by Crippen LogP contribution is -2.47. The molecule has 0 aliphatic heterocycles. The van der Waals surface area contributed by atoms with Crippen molar-refractivity contribution in [3.8, 4) is 0 Å². The van der Waals surface area contributed by atoms with Crippen molar-refractivity contribution in [3.05, 3.63) is 41.5 Å². The highest BCUT2D eigenvalue weighted by atomic mass is 19.4. The van der Waals surface area contributed by atoms with E-state index in [0.29, 0.717) is 0 Å². The third-order valence-electron chi connectivity index (χ3n) is 3.49. The molecule has 120 valence electrons. The summed E-state index contributed by atoms with van der Waals surface area (Å²) in [6.45, 7) is 0. The Morgan fingerprint density at radius 1 is 1.27 bits per heavy atom. The van der Waals surface area contributed by atoms with Gasteiger partial charge >= 0.3 is 12.1 Å². The second-order valence-electron chi connectivity index (χ2n) is 5.12. The number of carboxylic acid groups (broad SMARTS) is 1. The van der Waals surface area contributed by atoms with Crippen molar-refractivity contribution in [2.75, 3.05) is 0 Å². The largest absolute Gasteiger partial charge is 0.479 e. The van der Waals surface area contributed by atoms with E-state index in [0.717, 1.165) is 24.3 Å². The lowest BCUT2D eigenvalue weighted by atomic mass is 9.80. The van der Waals surface area contributed by atoms with Gasteiger partial charge in [-0.05, 0) is 29.3 Å². The van der Waals surface area contributed by atoms with Crippen molar-refractivity contribution < 1.29 is 38.4 Å². The van der Waals surface area contributed by atoms with Gasteiger partial charge in [0.05, 0.1) is 11.7 Å². The number of benzene rings is 1. The molecule has 1 aromatic carbocycles. The maximum atomic E-state index is 12.7. The zero-order chi connectivity index (χ0) is 16.7. The maximum absolute atomic E-state index is 12.7. The molecule has 0 spiro atoms. The van der Waals surface area contributed by atoms with E-state index in [1.54, 1.807) is 0 Å². The van der Waals surface area contributed by atoms with Gasteiger partial charge in [0.2, 0.25) is 0 Å². The summed E-state index contributed by atoms with van der Waals surface area (Å²) in [5, 5.41) is 38.5. The summed E-state index contributed by atoms with van der Waals surface area (Å²) in [5.41, 5.74) is -3.84. The smallest absolute Gasteiger partial charge is 0.416 e. The van der Waals surface area contributed by atoms with Crippen LogP contribution in [0.2, 0.25) is 0 Å². The Labute approximate surface area is 122 Å². The number of carboxylic acids is 1. The molecule has 0 saturated heterocycles.